The normalized spacial score (nSPS) is 39.1. The molecule has 152 valence electrons. The lowest BCUT2D eigenvalue weighted by molar-refractivity contribution is -0.310. The van der Waals surface area contributed by atoms with Crippen LogP contribution in [0.1, 0.15) is 53.4 Å². The fourth-order valence-electron chi connectivity index (χ4n) is 4.21. The molecular weight excluding hydrogens is 340 g/mol. The first-order chi connectivity index (χ1) is 12.1. The van der Waals surface area contributed by atoms with E-state index in [9.17, 15) is 25.5 Å². The fourth-order valence-corrected chi connectivity index (χ4v) is 4.21. The molecule has 0 saturated carbocycles. The number of rotatable bonds is 6. The molecule has 0 unspecified atom stereocenters. The summed E-state index contributed by atoms with van der Waals surface area (Å²) in [7, 11) is 0. The fraction of sp³-hybridized carbons (Fsp3) is 0.895. The van der Waals surface area contributed by atoms with Crippen LogP contribution in [-0.2, 0) is 9.47 Å². The topological polar surface area (TPSA) is 120 Å². The first-order valence-corrected chi connectivity index (χ1v) is 9.40. The second kappa shape index (κ2) is 8.65. The number of aliphatic hydroxyl groups excluding tert-OH is 5. The van der Waals surface area contributed by atoms with Gasteiger partial charge in [0.15, 0.2) is 6.29 Å². The van der Waals surface area contributed by atoms with E-state index in [0.29, 0.717) is 12.8 Å². The van der Waals surface area contributed by atoms with E-state index in [4.69, 9.17) is 9.47 Å². The van der Waals surface area contributed by atoms with E-state index in [1.54, 1.807) is 0 Å². The molecule has 2 aliphatic rings. The Kier molecular flexibility index (Phi) is 7.23. The molecule has 0 aromatic heterocycles. The van der Waals surface area contributed by atoms with Gasteiger partial charge >= 0.3 is 0 Å². The molecule has 7 atom stereocenters. The Morgan fingerprint density at radius 1 is 1.15 bits per heavy atom. The molecule has 26 heavy (non-hydrogen) atoms. The minimum Gasteiger partial charge on any atom is -0.394 e. The third kappa shape index (κ3) is 4.84. The maximum absolute atomic E-state index is 10.1. The lowest BCUT2D eigenvalue weighted by Crippen LogP contribution is -2.59. The standard InChI is InChI=1S/C19H34O7/c1-10-7-12(21)8-19(3,4)13(10)6-5-11(2)25-18-17(24)16(23)15(22)14(9-20)26-18/h11-12,14-18,20-24H,5-9H2,1-4H3/t11-,12+,14+,15+,16-,17+,18+/m1/s1. The molecule has 0 radical (unpaired) electrons. The lowest BCUT2D eigenvalue weighted by atomic mass is 9.70. The molecule has 7 heteroatoms. The molecule has 2 rings (SSSR count). The molecule has 0 aromatic carbocycles. The Hall–Kier alpha value is -0.540. The van der Waals surface area contributed by atoms with Gasteiger partial charge in [-0.05, 0) is 44.9 Å². The second-order valence-corrected chi connectivity index (χ2v) is 8.39. The van der Waals surface area contributed by atoms with Crippen molar-refractivity contribution in [3.63, 3.8) is 0 Å². The third-order valence-corrected chi connectivity index (χ3v) is 5.64. The first-order valence-electron chi connectivity index (χ1n) is 9.40. The van der Waals surface area contributed by atoms with Gasteiger partial charge in [-0.1, -0.05) is 25.0 Å². The number of ether oxygens (including phenoxy) is 2. The van der Waals surface area contributed by atoms with Gasteiger partial charge in [0.1, 0.15) is 24.4 Å². The summed E-state index contributed by atoms with van der Waals surface area (Å²) in [6, 6.07) is 0. The number of allylic oxidation sites excluding steroid dienone is 1. The highest BCUT2D eigenvalue weighted by Crippen LogP contribution is 2.42. The summed E-state index contributed by atoms with van der Waals surface area (Å²) >= 11 is 0. The minimum absolute atomic E-state index is 0.0649. The number of aliphatic hydroxyl groups is 5. The van der Waals surface area contributed by atoms with Crippen molar-refractivity contribution >= 4 is 0 Å². The smallest absolute Gasteiger partial charge is 0.186 e. The first kappa shape index (κ1) is 21.8. The van der Waals surface area contributed by atoms with E-state index in [0.717, 1.165) is 12.8 Å². The molecule has 1 saturated heterocycles. The molecule has 1 fully saturated rings. The Morgan fingerprint density at radius 3 is 2.38 bits per heavy atom. The maximum atomic E-state index is 10.1. The van der Waals surface area contributed by atoms with Gasteiger partial charge in [0.2, 0.25) is 0 Å². The monoisotopic (exact) mass is 374 g/mol. The summed E-state index contributed by atoms with van der Waals surface area (Å²) in [4.78, 5) is 0. The second-order valence-electron chi connectivity index (χ2n) is 8.39. The molecule has 7 nitrogen and oxygen atoms in total. The maximum Gasteiger partial charge on any atom is 0.186 e. The van der Waals surface area contributed by atoms with Gasteiger partial charge in [-0.3, -0.25) is 0 Å². The largest absolute Gasteiger partial charge is 0.394 e. The molecule has 0 spiro atoms. The summed E-state index contributed by atoms with van der Waals surface area (Å²) in [5.41, 5.74) is 2.48. The van der Waals surface area contributed by atoms with Gasteiger partial charge < -0.3 is 35.0 Å². The molecular formula is C19H34O7. The van der Waals surface area contributed by atoms with E-state index in [1.807, 2.05) is 6.92 Å². The summed E-state index contributed by atoms with van der Waals surface area (Å²) < 4.78 is 11.1. The summed E-state index contributed by atoms with van der Waals surface area (Å²) in [6.07, 6.45) is -3.86. The van der Waals surface area contributed by atoms with Crippen molar-refractivity contribution in [2.24, 2.45) is 5.41 Å². The predicted molar refractivity (Wildman–Crippen MR) is 95.3 cm³/mol. The van der Waals surface area contributed by atoms with Crippen LogP contribution in [0.4, 0.5) is 0 Å². The molecule has 0 bridgehead atoms. The van der Waals surface area contributed by atoms with Gasteiger partial charge in [0.25, 0.3) is 0 Å². The summed E-state index contributed by atoms with van der Waals surface area (Å²) in [5, 5.41) is 48.9. The van der Waals surface area contributed by atoms with Crippen LogP contribution >= 0.6 is 0 Å². The highest BCUT2D eigenvalue weighted by Gasteiger charge is 2.44. The van der Waals surface area contributed by atoms with Gasteiger partial charge in [-0.15, -0.1) is 0 Å². The average Bonchev–Trinajstić information content (AvgIpc) is 2.53. The van der Waals surface area contributed by atoms with Crippen LogP contribution in [-0.4, -0.2) is 75.1 Å². The van der Waals surface area contributed by atoms with E-state index in [-0.39, 0.29) is 17.6 Å². The van der Waals surface area contributed by atoms with Gasteiger partial charge in [0, 0.05) is 0 Å². The van der Waals surface area contributed by atoms with E-state index in [1.165, 1.54) is 11.1 Å². The van der Waals surface area contributed by atoms with Crippen molar-refractivity contribution in [3.8, 4) is 0 Å². The average molecular weight is 374 g/mol. The quantitative estimate of drug-likeness (QED) is 0.429. The van der Waals surface area contributed by atoms with Crippen molar-refractivity contribution in [1.82, 2.24) is 0 Å². The zero-order valence-electron chi connectivity index (χ0n) is 16.1. The van der Waals surface area contributed by atoms with Crippen LogP contribution in [0.2, 0.25) is 0 Å². The van der Waals surface area contributed by atoms with Crippen molar-refractivity contribution in [2.45, 2.75) is 96.3 Å². The van der Waals surface area contributed by atoms with Gasteiger partial charge in [-0.25, -0.2) is 0 Å². The summed E-state index contributed by atoms with van der Waals surface area (Å²) in [5.74, 6) is 0. The SMILES string of the molecule is CC1=C(CC[C@@H](C)O[C@H]2O[C@@H](CO)[C@H](O)[C@@H](O)[C@@H]2O)C(C)(C)C[C@@H](O)C1. The minimum atomic E-state index is -1.43. The van der Waals surface area contributed by atoms with Crippen LogP contribution in [0.15, 0.2) is 11.1 Å². The molecule has 0 aromatic rings. The van der Waals surface area contributed by atoms with Crippen molar-refractivity contribution in [3.05, 3.63) is 11.1 Å². The molecule has 1 aliphatic carbocycles. The lowest BCUT2D eigenvalue weighted by Gasteiger charge is -2.41. The van der Waals surface area contributed by atoms with Crippen molar-refractivity contribution in [2.75, 3.05) is 6.61 Å². The third-order valence-electron chi connectivity index (χ3n) is 5.64. The Labute approximate surface area is 155 Å². The Morgan fingerprint density at radius 2 is 1.81 bits per heavy atom. The van der Waals surface area contributed by atoms with E-state index in [2.05, 4.69) is 20.8 Å². The molecule has 1 heterocycles. The van der Waals surface area contributed by atoms with Crippen LogP contribution in [0.3, 0.4) is 0 Å². The van der Waals surface area contributed by atoms with Gasteiger partial charge in [0.05, 0.1) is 18.8 Å². The number of hydrogen-bond acceptors (Lipinski definition) is 7. The van der Waals surface area contributed by atoms with Crippen molar-refractivity contribution < 1.29 is 35.0 Å². The highest BCUT2D eigenvalue weighted by atomic mass is 16.7. The van der Waals surface area contributed by atoms with Crippen LogP contribution in [0, 0.1) is 5.41 Å². The van der Waals surface area contributed by atoms with Crippen LogP contribution < -0.4 is 0 Å². The Bertz CT molecular complexity index is 502. The summed E-state index contributed by atoms with van der Waals surface area (Å²) in [6.45, 7) is 7.72. The highest BCUT2D eigenvalue weighted by molar-refractivity contribution is 5.24. The van der Waals surface area contributed by atoms with Crippen LogP contribution in [0.25, 0.3) is 0 Å². The number of hydrogen-bond donors (Lipinski definition) is 5. The Balaban J connectivity index is 1.94. The van der Waals surface area contributed by atoms with E-state index >= 15 is 0 Å². The zero-order valence-corrected chi connectivity index (χ0v) is 16.1. The molecule has 5 N–H and O–H groups in total. The van der Waals surface area contributed by atoms with Gasteiger partial charge in [-0.2, -0.15) is 0 Å². The van der Waals surface area contributed by atoms with Crippen molar-refractivity contribution in [1.29, 1.82) is 0 Å². The van der Waals surface area contributed by atoms with Crippen LogP contribution in [0.5, 0.6) is 0 Å². The van der Waals surface area contributed by atoms with E-state index < -0.39 is 37.3 Å². The predicted octanol–water partition coefficient (Wildman–Crippen LogP) is 0.469. The molecule has 0 amide bonds. The molecule has 1 aliphatic heterocycles. The zero-order chi connectivity index (χ0) is 19.6.